The first-order valence-electron chi connectivity index (χ1n) is 5.33. The van der Waals surface area contributed by atoms with Crippen molar-refractivity contribution in [2.45, 2.75) is 6.54 Å². The van der Waals surface area contributed by atoms with E-state index in [1.165, 1.54) is 0 Å². The van der Waals surface area contributed by atoms with Gasteiger partial charge in [-0.3, -0.25) is 0 Å². The van der Waals surface area contributed by atoms with Crippen LogP contribution in [-0.2, 0) is 11.3 Å². The van der Waals surface area contributed by atoms with Crippen LogP contribution in [0.2, 0.25) is 0 Å². The van der Waals surface area contributed by atoms with Gasteiger partial charge in [0.05, 0.1) is 20.8 Å². The maximum atomic E-state index is 5.34. The highest BCUT2D eigenvalue weighted by Gasteiger charge is 2.11. The lowest BCUT2D eigenvalue weighted by Crippen LogP contribution is -2.19. The fourth-order valence-electron chi connectivity index (χ4n) is 1.51. The van der Waals surface area contributed by atoms with Gasteiger partial charge in [0.25, 0.3) is 0 Å². The number of hydrogen-bond acceptors (Lipinski definition) is 4. The zero-order valence-electron chi connectivity index (χ0n) is 10.4. The Balaban J connectivity index is 2.79. The first-order chi connectivity index (χ1) is 8.22. The molecule has 4 nitrogen and oxygen atoms in total. The van der Waals surface area contributed by atoms with Crippen molar-refractivity contribution < 1.29 is 14.2 Å². The lowest BCUT2D eigenvalue weighted by Gasteiger charge is -2.14. The van der Waals surface area contributed by atoms with E-state index in [4.69, 9.17) is 14.2 Å². The summed E-state index contributed by atoms with van der Waals surface area (Å²) >= 11 is 3.42. The zero-order chi connectivity index (χ0) is 12.7. The molecular weight excluding hydrogens is 286 g/mol. The van der Waals surface area contributed by atoms with Crippen molar-refractivity contribution in [2.75, 3.05) is 34.5 Å². The quantitative estimate of drug-likeness (QED) is 0.784. The van der Waals surface area contributed by atoms with Gasteiger partial charge in [0.2, 0.25) is 0 Å². The molecule has 0 bridgehead atoms. The second-order valence-electron chi connectivity index (χ2n) is 3.46. The molecule has 0 fully saturated rings. The second kappa shape index (κ2) is 7.53. The van der Waals surface area contributed by atoms with Gasteiger partial charge in [0.15, 0.2) is 0 Å². The van der Waals surface area contributed by atoms with Crippen LogP contribution in [-0.4, -0.2) is 34.5 Å². The summed E-state index contributed by atoms with van der Waals surface area (Å²) in [5.41, 5.74) is 1.01. The van der Waals surface area contributed by atoms with Crippen LogP contribution in [0, 0.1) is 0 Å². The van der Waals surface area contributed by atoms with E-state index in [2.05, 4.69) is 21.2 Å². The highest BCUT2D eigenvalue weighted by atomic mass is 79.9. The molecule has 0 aliphatic heterocycles. The van der Waals surface area contributed by atoms with Crippen molar-refractivity contribution in [3.8, 4) is 11.5 Å². The van der Waals surface area contributed by atoms with Crippen LogP contribution in [0.25, 0.3) is 0 Å². The van der Waals surface area contributed by atoms with Crippen LogP contribution in [0.1, 0.15) is 5.56 Å². The number of rotatable bonds is 7. The molecular formula is C12H18BrNO3. The molecule has 0 spiro atoms. The highest BCUT2D eigenvalue weighted by Crippen LogP contribution is 2.32. The standard InChI is InChI=1S/C12H18BrNO3/c1-15-5-4-14-8-10-11(16-2)6-9(13)7-12(10)17-3/h6-7,14H,4-5,8H2,1-3H3. The third-order valence-electron chi connectivity index (χ3n) is 2.36. The third-order valence-corrected chi connectivity index (χ3v) is 2.82. The van der Waals surface area contributed by atoms with Crippen LogP contribution in [0.3, 0.4) is 0 Å². The van der Waals surface area contributed by atoms with Gasteiger partial charge in [-0.25, -0.2) is 0 Å². The molecule has 1 aromatic rings. The number of methoxy groups -OCH3 is 3. The van der Waals surface area contributed by atoms with Gasteiger partial charge in [-0.15, -0.1) is 0 Å². The summed E-state index contributed by atoms with van der Waals surface area (Å²) < 4.78 is 16.6. The Morgan fingerprint density at radius 2 is 1.71 bits per heavy atom. The van der Waals surface area contributed by atoms with Gasteiger partial charge in [-0.1, -0.05) is 15.9 Å². The molecule has 1 aromatic carbocycles. The summed E-state index contributed by atoms with van der Waals surface area (Å²) in [6.45, 7) is 2.16. The highest BCUT2D eigenvalue weighted by molar-refractivity contribution is 9.10. The molecule has 0 heterocycles. The van der Waals surface area contributed by atoms with E-state index < -0.39 is 0 Å². The summed E-state index contributed by atoms with van der Waals surface area (Å²) in [6, 6.07) is 3.85. The van der Waals surface area contributed by atoms with Crippen molar-refractivity contribution in [3.63, 3.8) is 0 Å². The molecule has 0 aliphatic rings. The van der Waals surface area contributed by atoms with E-state index in [0.29, 0.717) is 13.2 Å². The number of halogens is 1. The van der Waals surface area contributed by atoms with Crippen molar-refractivity contribution in [1.82, 2.24) is 5.32 Å². The summed E-state index contributed by atoms with van der Waals surface area (Å²) in [5.74, 6) is 1.61. The average molecular weight is 304 g/mol. The predicted molar refractivity (Wildman–Crippen MR) is 70.8 cm³/mol. The number of hydrogen-bond donors (Lipinski definition) is 1. The van der Waals surface area contributed by atoms with Crippen molar-refractivity contribution in [1.29, 1.82) is 0 Å². The van der Waals surface area contributed by atoms with E-state index in [-0.39, 0.29) is 0 Å². The molecule has 1 rings (SSSR count). The monoisotopic (exact) mass is 303 g/mol. The van der Waals surface area contributed by atoms with Crippen LogP contribution >= 0.6 is 15.9 Å². The Morgan fingerprint density at radius 1 is 1.12 bits per heavy atom. The Labute approximate surface area is 110 Å². The van der Waals surface area contributed by atoms with E-state index >= 15 is 0 Å². The Morgan fingerprint density at radius 3 is 2.18 bits per heavy atom. The fraction of sp³-hybridized carbons (Fsp3) is 0.500. The summed E-state index contributed by atoms with van der Waals surface area (Å²) in [6.07, 6.45) is 0. The van der Waals surface area contributed by atoms with Gasteiger partial charge < -0.3 is 19.5 Å². The molecule has 0 aliphatic carbocycles. The minimum Gasteiger partial charge on any atom is -0.496 e. The predicted octanol–water partition coefficient (Wildman–Crippen LogP) is 2.20. The SMILES string of the molecule is COCCNCc1c(OC)cc(Br)cc1OC. The van der Waals surface area contributed by atoms with E-state index in [9.17, 15) is 0 Å². The van der Waals surface area contributed by atoms with Crippen LogP contribution in [0.5, 0.6) is 11.5 Å². The molecule has 96 valence electrons. The van der Waals surface area contributed by atoms with Crippen molar-refractivity contribution in [2.24, 2.45) is 0 Å². The first-order valence-corrected chi connectivity index (χ1v) is 6.12. The molecule has 0 aromatic heterocycles. The van der Waals surface area contributed by atoms with Gasteiger partial charge in [0.1, 0.15) is 11.5 Å². The van der Waals surface area contributed by atoms with Gasteiger partial charge in [-0.05, 0) is 12.1 Å². The van der Waals surface area contributed by atoms with Gasteiger partial charge in [-0.2, -0.15) is 0 Å². The topological polar surface area (TPSA) is 39.7 Å². The van der Waals surface area contributed by atoms with Gasteiger partial charge in [0, 0.05) is 30.2 Å². The molecule has 0 saturated carbocycles. The van der Waals surface area contributed by atoms with Gasteiger partial charge >= 0.3 is 0 Å². The smallest absolute Gasteiger partial charge is 0.128 e. The molecule has 17 heavy (non-hydrogen) atoms. The third kappa shape index (κ3) is 4.18. The average Bonchev–Trinajstić information content (AvgIpc) is 2.35. The van der Waals surface area contributed by atoms with E-state index in [0.717, 1.165) is 28.1 Å². The fourth-order valence-corrected chi connectivity index (χ4v) is 1.93. The van der Waals surface area contributed by atoms with Crippen LogP contribution in [0.4, 0.5) is 0 Å². The molecule has 0 radical (unpaired) electrons. The Hall–Kier alpha value is -0.780. The summed E-state index contributed by atoms with van der Waals surface area (Å²) in [4.78, 5) is 0. The van der Waals surface area contributed by atoms with Crippen LogP contribution in [0.15, 0.2) is 16.6 Å². The normalized spacial score (nSPS) is 10.4. The second-order valence-corrected chi connectivity index (χ2v) is 4.37. The van der Waals surface area contributed by atoms with Crippen molar-refractivity contribution >= 4 is 15.9 Å². The van der Waals surface area contributed by atoms with Crippen molar-refractivity contribution in [3.05, 3.63) is 22.2 Å². The van der Waals surface area contributed by atoms with E-state index in [1.54, 1.807) is 21.3 Å². The minimum atomic E-state index is 0.682. The number of ether oxygens (including phenoxy) is 3. The van der Waals surface area contributed by atoms with E-state index in [1.807, 2.05) is 12.1 Å². The molecule has 0 amide bonds. The zero-order valence-corrected chi connectivity index (χ0v) is 12.0. The molecule has 0 atom stereocenters. The number of benzene rings is 1. The maximum absolute atomic E-state index is 5.34. The largest absolute Gasteiger partial charge is 0.496 e. The minimum absolute atomic E-state index is 0.682. The molecule has 0 unspecified atom stereocenters. The Kier molecular flexibility index (Phi) is 6.32. The van der Waals surface area contributed by atoms with Crippen LogP contribution < -0.4 is 14.8 Å². The molecule has 0 saturated heterocycles. The Bertz CT molecular complexity index is 333. The maximum Gasteiger partial charge on any atom is 0.128 e. The summed E-state index contributed by atoms with van der Waals surface area (Å²) in [5, 5.41) is 3.27. The lowest BCUT2D eigenvalue weighted by molar-refractivity contribution is 0.199. The molecule has 5 heteroatoms. The lowest BCUT2D eigenvalue weighted by atomic mass is 10.1. The number of nitrogens with one attached hydrogen (secondary N) is 1. The first kappa shape index (κ1) is 14.3. The summed E-state index contributed by atoms with van der Waals surface area (Å²) in [7, 11) is 4.99. The molecule has 1 N–H and O–H groups in total.